The smallest absolute Gasteiger partial charge is 0.0948 e. The minimum Gasteiger partial charge on any atom is -0.327 e. The van der Waals surface area contributed by atoms with Crippen molar-refractivity contribution in [2.75, 3.05) is 0 Å². The number of rotatable bonds is 4. The van der Waals surface area contributed by atoms with E-state index in [0.29, 0.717) is 0 Å². The Morgan fingerprint density at radius 2 is 2.11 bits per heavy atom. The number of nitrogens with two attached hydrogens (primary N) is 1. The van der Waals surface area contributed by atoms with Gasteiger partial charge < -0.3 is 5.73 Å². The van der Waals surface area contributed by atoms with Crippen LogP contribution in [0.4, 0.5) is 0 Å². The molecule has 96 valence electrons. The summed E-state index contributed by atoms with van der Waals surface area (Å²) in [4.78, 5) is 4.71. The second-order valence-electron chi connectivity index (χ2n) is 4.82. The number of aromatic nitrogens is 1. The summed E-state index contributed by atoms with van der Waals surface area (Å²) >= 11 is 1.71. The van der Waals surface area contributed by atoms with Crippen LogP contribution in [0.3, 0.4) is 0 Å². The summed E-state index contributed by atoms with van der Waals surface area (Å²) in [6.07, 6.45) is 1.88. The third-order valence-corrected chi connectivity index (χ3v) is 4.05. The molecule has 0 aliphatic rings. The van der Waals surface area contributed by atoms with Crippen molar-refractivity contribution in [1.29, 1.82) is 0 Å². The molecular formula is C15H20N2S. The Morgan fingerprint density at radius 1 is 1.33 bits per heavy atom. The zero-order valence-corrected chi connectivity index (χ0v) is 12.1. The Balaban J connectivity index is 2.26. The normalized spacial score (nSPS) is 12.7. The maximum atomic E-state index is 5.97. The van der Waals surface area contributed by atoms with Crippen molar-refractivity contribution >= 4 is 11.3 Å². The van der Waals surface area contributed by atoms with Crippen molar-refractivity contribution in [2.45, 2.75) is 39.7 Å². The van der Waals surface area contributed by atoms with Crippen molar-refractivity contribution in [1.82, 2.24) is 4.98 Å². The van der Waals surface area contributed by atoms with Gasteiger partial charge in [0.25, 0.3) is 0 Å². The predicted octanol–water partition coefficient (Wildman–Crippen LogP) is 3.71. The molecule has 1 aromatic heterocycles. The van der Waals surface area contributed by atoms with Crippen LogP contribution in [0.1, 0.15) is 29.5 Å². The molecule has 18 heavy (non-hydrogen) atoms. The van der Waals surface area contributed by atoms with Crippen LogP contribution in [-0.2, 0) is 6.42 Å². The minimum atomic E-state index is 0.225. The molecule has 2 nitrogen and oxygen atoms in total. The van der Waals surface area contributed by atoms with E-state index in [2.05, 4.69) is 44.4 Å². The summed E-state index contributed by atoms with van der Waals surface area (Å²) in [7, 11) is 0. The third-order valence-electron chi connectivity index (χ3n) is 3.18. The fourth-order valence-corrected chi connectivity index (χ4v) is 2.80. The second kappa shape index (κ2) is 5.63. The molecule has 2 N–H and O–H groups in total. The molecule has 1 atom stereocenters. The topological polar surface area (TPSA) is 38.9 Å². The molecule has 2 rings (SSSR count). The number of benzene rings is 1. The lowest BCUT2D eigenvalue weighted by molar-refractivity contribution is 0.644. The SMILES string of the molecule is CCC(N)Cc1nc(-c2cc(C)ccc2C)cs1. The van der Waals surface area contributed by atoms with Crippen molar-refractivity contribution < 1.29 is 0 Å². The quantitative estimate of drug-likeness (QED) is 0.910. The molecule has 3 heteroatoms. The lowest BCUT2D eigenvalue weighted by atomic mass is 10.0. The van der Waals surface area contributed by atoms with Gasteiger partial charge in [-0.3, -0.25) is 0 Å². The molecule has 0 aliphatic heterocycles. The van der Waals surface area contributed by atoms with E-state index in [4.69, 9.17) is 10.7 Å². The van der Waals surface area contributed by atoms with Gasteiger partial charge >= 0.3 is 0 Å². The van der Waals surface area contributed by atoms with Gasteiger partial charge in [-0.1, -0.05) is 24.6 Å². The van der Waals surface area contributed by atoms with E-state index in [1.165, 1.54) is 16.7 Å². The van der Waals surface area contributed by atoms with Crippen LogP contribution in [-0.4, -0.2) is 11.0 Å². The van der Waals surface area contributed by atoms with Gasteiger partial charge in [0.2, 0.25) is 0 Å². The monoisotopic (exact) mass is 260 g/mol. The van der Waals surface area contributed by atoms with Crippen LogP contribution >= 0.6 is 11.3 Å². The molecule has 1 heterocycles. The van der Waals surface area contributed by atoms with Gasteiger partial charge in [-0.2, -0.15) is 0 Å². The van der Waals surface area contributed by atoms with E-state index >= 15 is 0 Å². The predicted molar refractivity (Wildman–Crippen MR) is 79.0 cm³/mol. The molecule has 2 aromatic rings. The molecule has 0 saturated carbocycles. The van der Waals surface area contributed by atoms with Crippen LogP contribution in [0.25, 0.3) is 11.3 Å². The molecule has 0 radical (unpaired) electrons. The fourth-order valence-electron chi connectivity index (χ4n) is 1.91. The van der Waals surface area contributed by atoms with E-state index in [9.17, 15) is 0 Å². The molecule has 1 unspecified atom stereocenters. The number of thiazole rings is 1. The fraction of sp³-hybridized carbons (Fsp3) is 0.400. The first-order valence-electron chi connectivity index (χ1n) is 6.37. The first-order valence-corrected chi connectivity index (χ1v) is 7.25. The minimum absolute atomic E-state index is 0.225. The molecule has 1 aromatic carbocycles. The maximum absolute atomic E-state index is 5.97. The Morgan fingerprint density at radius 3 is 2.83 bits per heavy atom. The van der Waals surface area contributed by atoms with E-state index in [1.54, 1.807) is 11.3 Å². The van der Waals surface area contributed by atoms with E-state index in [1.807, 2.05) is 0 Å². The highest BCUT2D eigenvalue weighted by molar-refractivity contribution is 7.09. The average molecular weight is 260 g/mol. The summed E-state index contributed by atoms with van der Waals surface area (Å²) < 4.78 is 0. The summed E-state index contributed by atoms with van der Waals surface area (Å²) in [6.45, 7) is 6.36. The number of hydrogen-bond donors (Lipinski definition) is 1. The third kappa shape index (κ3) is 2.98. The maximum Gasteiger partial charge on any atom is 0.0948 e. The first-order chi connectivity index (χ1) is 8.60. The van der Waals surface area contributed by atoms with E-state index in [0.717, 1.165) is 23.5 Å². The average Bonchev–Trinajstić information content (AvgIpc) is 2.80. The summed E-state index contributed by atoms with van der Waals surface area (Å²) in [5, 5.41) is 3.28. The Bertz CT molecular complexity index is 531. The Kier molecular flexibility index (Phi) is 4.15. The summed E-state index contributed by atoms with van der Waals surface area (Å²) in [5.41, 5.74) is 10.8. The highest BCUT2D eigenvalue weighted by Gasteiger charge is 2.09. The van der Waals surface area contributed by atoms with Crippen molar-refractivity contribution in [3.63, 3.8) is 0 Å². The zero-order valence-electron chi connectivity index (χ0n) is 11.2. The Labute approximate surface area is 113 Å². The summed E-state index contributed by atoms with van der Waals surface area (Å²) in [6, 6.07) is 6.72. The Hall–Kier alpha value is -1.19. The highest BCUT2D eigenvalue weighted by Crippen LogP contribution is 2.26. The standard InChI is InChI=1S/C15H20N2S/c1-4-12(16)8-15-17-14(9-18-15)13-7-10(2)5-6-11(13)3/h5-7,9,12H,4,8,16H2,1-3H3. The number of aryl methyl sites for hydroxylation is 2. The van der Waals surface area contributed by atoms with Crippen molar-refractivity contribution in [3.05, 3.63) is 39.7 Å². The lowest BCUT2D eigenvalue weighted by Crippen LogP contribution is -2.21. The van der Waals surface area contributed by atoms with Crippen LogP contribution < -0.4 is 5.73 Å². The van der Waals surface area contributed by atoms with E-state index in [-0.39, 0.29) is 6.04 Å². The molecular weight excluding hydrogens is 240 g/mol. The van der Waals surface area contributed by atoms with Gasteiger partial charge in [-0.05, 0) is 31.9 Å². The molecule has 0 fully saturated rings. The zero-order chi connectivity index (χ0) is 13.1. The van der Waals surface area contributed by atoms with Gasteiger partial charge in [0.1, 0.15) is 0 Å². The highest BCUT2D eigenvalue weighted by atomic mass is 32.1. The van der Waals surface area contributed by atoms with Crippen LogP contribution in [0, 0.1) is 13.8 Å². The number of hydrogen-bond acceptors (Lipinski definition) is 3. The van der Waals surface area contributed by atoms with Gasteiger partial charge in [-0.15, -0.1) is 11.3 Å². The van der Waals surface area contributed by atoms with Gasteiger partial charge in [0.05, 0.1) is 10.7 Å². The first kappa shape index (κ1) is 13.2. The van der Waals surface area contributed by atoms with Gasteiger partial charge in [0, 0.05) is 23.4 Å². The molecule has 0 bridgehead atoms. The lowest BCUT2D eigenvalue weighted by Gasteiger charge is -2.05. The number of nitrogens with zero attached hydrogens (tertiary/aromatic N) is 1. The second-order valence-corrected chi connectivity index (χ2v) is 5.76. The summed E-state index contributed by atoms with van der Waals surface area (Å²) in [5.74, 6) is 0. The molecule has 0 amide bonds. The van der Waals surface area contributed by atoms with Crippen molar-refractivity contribution in [3.8, 4) is 11.3 Å². The van der Waals surface area contributed by atoms with Crippen LogP contribution in [0.15, 0.2) is 23.6 Å². The molecule has 0 spiro atoms. The molecule has 0 saturated heterocycles. The van der Waals surface area contributed by atoms with Gasteiger partial charge in [0.15, 0.2) is 0 Å². The van der Waals surface area contributed by atoms with Crippen LogP contribution in [0.5, 0.6) is 0 Å². The van der Waals surface area contributed by atoms with E-state index < -0.39 is 0 Å². The van der Waals surface area contributed by atoms with Gasteiger partial charge in [-0.25, -0.2) is 4.98 Å². The van der Waals surface area contributed by atoms with Crippen LogP contribution in [0.2, 0.25) is 0 Å². The largest absolute Gasteiger partial charge is 0.327 e. The van der Waals surface area contributed by atoms with Crippen molar-refractivity contribution in [2.24, 2.45) is 5.73 Å². The molecule has 0 aliphatic carbocycles.